The van der Waals surface area contributed by atoms with Gasteiger partial charge in [-0.05, 0) is 66.8 Å². The predicted molar refractivity (Wildman–Crippen MR) is 144 cm³/mol. The minimum atomic E-state index is 0.120. The number of halogens is 1. The number of nitrogens with one attached hydrogen (secondary N) is 1. The number of hydrogen-bond acceptors (Lipinski definition) is 6. The topological polar surface area (TPSA) is 94.9 Å². The first kappa shape index (κ1) is 23.7. The number of nitrogens with zero attached hydrogens (tertiary/aromatic N) is 6. The largest absolute Gasteiger partial charge is 0.395 e. The normalized spacial score (nSPS) is 17.0. The summed E-state index contributed by atoms with van der Waals surface area (Å²) in [5.74, 6) is 1.30. The third kappa shape index (κ3) is 4.29. The van der Waals surface area contributed by atoms with E-state index in [4.69, 9.17) is 16.9 Å². The van der Waals surface area contributed by atoms with Gasteiger partial charge >= 0.3 is 0 Å². The van der Waals surface area contributed by atoms with Gasteiger partial charge in [0.15, 0.2) is 5.82 Å². The van der Waals surface area contributed by atoms with Crippen molar-refractivity contribution in [2.45, 2.75) is 25.9 Å². The van der Waals surface area contributed by atoms with Crippen molar-refractivity contribution in [3.8, 4) is 34.4 Å². The van der Waals surface area contributed by atoms with Crippen LogP contribution >= 0.6 is 11.6 Å². The molecule has 4 aromatic rings. The lowest BCUT2D eigenvalue weighted by atomic mass is 10.1. The molecule has 2 aliphatic heterocycles. The SMILES string of the molecule is C[C@H](CO)NC[C@H]1CCN(c2ccc3c(c2)Cn2c(cc(-c4ccc(C#N)cc4)c2Cl)-c2nncn2-3)C1. The average molecular weight is 514 g/mol. The molecular formula is C28H28ClN7O. The standard InChI is InChI=1S/C28H28ClN7O/c1-18(16-37)31-13-20-8-9-34(14-20)23-6-7-25-22(10-23)15-35-26(28-33-32-17-36(25)28)11-24(27(35)29)21-4-2-19(12-30)3-5-21/h2-7,10-11,17-18,20,31,37H,8-9,13-16H2,1H3/t18-,20-/m1/s1. The van der Waals surface area contributed by atoms with Crippen LogP contribution in [0.1, 0.15) is 24.5 Å². The minimum absolute atomic E-state index is 0.120. The zero-order valence-corrected chi connectivity index (χ0v) is 21.4. The fraction of sp³-hybridized carbons (Fsp3) is 0.321. The molecule has 1 fully saturated rings. The molecule has 0 bridgehead atoms. The fourth-order valence-electron chi connectivity index (χ4n) is 5.34. The second kappa shape index (κ2) is 9.67. The third-order valence-corrected chi connectivity index (χ3v) is 7.87. The van der Waals surface area contributed by atoms with E-state index in [2.05, 4.69) is 55.3 Å². The zero-order chi connectivity index (χ0) is 25.5. The summed E-state index contributed by atoms with van der Waals surface area (Å²) in [6.07, 6.45) is 2.88. The van der Waals surface area contributed by atoms with Crippen LogP contribution in [0.4, 0.5) is 5.69 Å². The van der Waals surface area contributed by atoms with E-state index in [1.165, 1.54) is 5.69 Å². The first-order valence-electron chi connectivity index (χ1n) is 12.6. The Hall–Kier alpha value is -3.64. The molecular weight excluding hydrogens is 486 g/mol. The summed E-state index contributed by atoms with van der Waals surface area (Å²) in [6.45, 7) is 5.68. The van der Waals surface area contributed by atoms with Crippen molar-refractivity contribution in [2.24, 2.45) is 5.92 Å². The molecule has 4 heterocycles. The van der Waals surface area contributed by atoms with Crippen molar-refractivity contribution in [1.29, 1.82) is 5.26 Å². The molecule has 2 aromatic heterocycles. The Morgan fingerprint density at radius 1 is 1.22 bits per heavy atom. The highest BCUT2D eigenvalue weighted by molar-refractivity contribution is 6.32. The van der Waals surface area contributed by atoms with E-state index in [0.717, 1.165) is 60.0 Å². The van der Waals surface area contributed by atoms with Crippen molar-refractivity contribution in [2.75, 3.05) is 31.1 Å². The number of benzene rings is 2. The van der Waals surface area contributed by atoms with Crippen LogP contribution in [0.2, 0.25) is 5.15 Å². The van der Waals surface area contributed by atoms with Crippen molar-refractivity contribution < 1.29 is 5.11 Å². The van der Waals surface area contributed by atoms with E-state index in [1.807, 2.05) is 35.8 Å². The molecule has 0 spiro atoms. The summed E-state index contributed by atoms with van der Waals surface area (Å²) in [7, 11) is 0. The lowest BCUT2D eigenvalue weighted by Gasteiger charge is -2.21. The molecule has 0 radical (unpaired) electrons. The van der Waals surface area contributed by atoms with E-state index >= 15 is 0 Å². The summed E-state index contributed by atoms with van der Waals surface area (Å²) in [5, 5.41) is 31.2. The van der Waals surface area contributed by atoms with Gasteiger partial charge in [-0.2, -0.15) is 5.26 Å². The third-order valence-electron chi connectivity index (χ3n) is 7.46. The molecule has 2 N–H and O–H groups in total. The molecule has 1 saturated heterocycles. The fourth-order valence-corrected chi connectivity index (χ4v) is 5.66. The van der Waals surface area contributed by atoms with Crippen LogP contribution in [0, 0.1) is 17.2 Å². The highest BCUT2D eigenvalue weighted by Crippen LogP contribution is 2.40. The van der Waals surface area contributed by atoms with Gasteiger partial charge in [0.05, 0.1) is 36.2 Å². The van der Waals surface area contributed by atoms with Crippen LogP contribution < -0.4 is 10.2 Å². The van der Waals surface area contributed by atoms with Gasteiger partial charge in [0.2, 0.25) is 0 Å². The van der Waals surface area contributed by atoms with Gasteiger partial charge in [0, 0.05) is 36.9 Å². The Morgan fingerprint density at radius 3 is 2.84 bits per heavy atom. The summed E-state index contributed by atoms with van der Waals surface area (Å²) in [6, 6.07) is 18.4. The molecule has 188 valence electrons. The summed E-state index contributed by atoms with van der Waals surface area (Å²) >= 11 is 6.99. The number of rotatable bonds is 6. The number of aromatic nitrogens is 4. The second-order valence-corrected chi connectivity index (χ2v) is 10.3. The van der Waals surface area contributed by atoms with Gasteiger partial charge in [0.25, 0.3) is 0 Å². The molecule has 0 aliphatic carbocycles. The monoisotopic (exact) mass is 513 g/mol. The van der Waals surface area contributed by atoms with E-state index in [9.17, 15) is 5.11 Å². The summed E-state index contributed by atoms with van der Waals surface area (Å²) in [5.41, 5.74) is 6.79. The highest BCUT2D eigenvalue weighted by atomic mass is 35.5. The Morgan fingerprint density at radius 2 is 2.05 bits per heavy atom. The Bertz CT molecular complexity index is 1480. The molecule has 0 unspecified atom stereocenters. The quantitative estimate of drug-likeness (QED) is 0.355. The van der Waals surface area contributed by atoms with Crippen LogP contribution in [-0.4, -0.2) is 56.7 Å². The molecule has 6 rings (SSSR count). The van der Waals surface area contributed by atoms with Crippen molar-refractivity contribution in [3.05, 3.63) is 71.1 Å². The van der Waals surface area contributed by atoms with Crippen LogP contribution in [-0.2, 0) is 6.54 Å². The summed E-state index contributed by atoms with van der Waals surface area (Å²) < 4.78 is 4.13. The number of fused-ring (bicyclic) bond motifs is 5. The molecule has 2 aromatic carbocycles. The van der Waals surface area contributed by atoms with Crippen molar-refractivity contribution >= 4 is 17.3 Å². The van der Waals surface area contributed by atoms with Gasteiger partial charge < -0.3 is 19.9 Å². The second-order valence-electron chi connectivity index (χ2n) is 9.94. The number of hydrogen-bond donors (Lipinski definition) is 2. The minimum Gasteiger partial charge on any atom is -0.395 e. The van der Waals surface area contributed by atoms with E-state index in [0.29, 0.717) is 23.2 Å². The lowest BCUT2D eigenvalue weighted by Crippen LogP contribution is -2.34. The number of aliphatic hydroxyl groups excluding tert-OH is 1. The Balaban J connectivity index is 1.33. The summed E-state index contributed by atoms with van der Waals surface area (Å²) in [4.78, 5) is 2.44. The van der Waals surface area contributed by atoms with Gasteiger partial charge in [-0.25, -0.2) is 0 Å². The maximum absolute atomic E-state index is 9.30. The number of anilines is 1. The van der Waals surface area contributed by atoms with Gasteiger partial charge in [-0.3, -0.25) is 4.57 Å². The molecule has 2 aliphatic rings. The smallest absolute Gasteiger partial charge is 0.185 e. The van der Waals surface area contributed by atoms with Gasteiger partial charge in [-0.15, -0.1) is 10.2 Å². The first-order valence-corrected chi connectivity index (χ1v) is 13.0. The predicted octanol–water partition coefficient (Wildman–Crippen LogP) is 4.09. The van der Waals surface area contributed by atoms with Crippen molar-refractivity contribution in [3.63, 3.8) is 0 Å². The van der Waals surface area contributed by atoms with Crippen LogP contribution in [0.5, 0.6) is 0 Å². The Labute approximate surface area is 220 Å². The molecule has 8 nitrogen and oxygen atoms in total. The molecule has 37 heavy (non-hydrogen) atoms. The van der Waals surface area contributed by atoms with E-state index in [1.54, 1.807) is 6.33 Å². The molecule has 0 amide bonds. The van der Waals surface area contributed by atoms with Gasteiger partial charge in [-0.1, -0.05) is 23.7 Å². The van der Waals surface area contributed by atoms with Crippen LogP contribution in [0.3, 0.4) is 0 Å². The first-order chi connectivity index (χ1) is 18.1. The molecule has 9 heteroatoms. The average Bonchev–Trinajstić information content (AvgIpc) is 3.66. The zero-order valence-electron chi connectivity index (χ0n) is 20.6. The Kier molecular flexibility index (Phi) is 6.21. The maximum Gasteiger partial charge on any atom is 0.185 e. The highest BCUT2D eigenvalue weighted by Gasteiger charge is 2.27. The van der Waals surface area contributed by atoms with Crippen LogP contribution in [0.25, 0.3) is 28.3 Å². The number of nitriles is 1. The van der Waals surface area contributed by atoms with Crippen LogP contribution in [0.15, 0.2) is 54.9 Å². The lowest BCUT2D eigenvalue weighted by molar-refractivity contribution is 0.247. The van der Waals surface area contributed by atoms with Crippen molar-refractivity contribution in [1.82, 2.24) is 24.6 Å². The van der Waals surface area contributed by atoms with E-state index in [-0.39, 0.29) is 12.6 Å². The molecule has 0 saturated carbocycles. The van der Waals surface area contributed by atoms with Gasteiger partial charge in [0.1, 0.15) is 11.5 Å². The van der Waals surface area contributed by atoms with E-state index < -0.39 is 0 Å². The maximum atomic E-state index is 9.30. The molecule has 2 atom stereocenters. The number of aliphatic hydroxyl groups is 1.